The molecule has 2 aromatic rings. The smallest absolute Gasteiger partial charge is 0.341 e. The van der Waals surface area contributed by atoms with Crippen LogP contribution in [0.3, 0.4) is 0 Å². The molecule has 0 aliphatic carbocycles. The number of amides is 1. The van der Waals surface area contributed by atoms with E-state index in [1.165, 1.54) is 6.07 Å². The highest BCUT2D eigenvalue weighted by Crippen LogP contribution is 2.26. The molecule has 1 aromatic carbocycles. The summed E-state index contributed by atoms with van der Waals surface area (Å²) in [7, 11) is 0. The minimum Gasteiger partial charge on any atom is -0.481 e. The third-order valence-corrected chi connectivity index (χ3v) is 2.53. The van der Waals surface area contributed by atoms with Crippen molar-refractivity contribution in [1.29, 1.82) is 0 Å². The first-order valence-electron chi connectivity index (χ1n) is 5.53. The van der Waals surface area contributed by atoms with Crippen molar-refractivity contribution < 1.29 is 19.4 Å². The second-order valence-corrected chi connectivity index (χ2v) is 4.07. The highest BCUT2D eigenvalue weighted by atomic mass is 16.5. The minimum atomic E-state index is -1.10. The molecular weight excluding hydrogens is 248 g/mol. The lowest BCUT2D eigenvalue weighted by Crippen LogP contribution is -2.15. The highest BCUT2D eigenvalue weighted by molar-refractivity contribution is 5.96. The Kier molecular flexibility index (Phi) is 3.33. The Balaban J connectivity index is 2.58. The lowest BCUT2D eigenvalue weighted by molar-refractivity contribution is -0.139. The molecule has 0 spiro atoms. The Morgan fingerprint density at radius 3 is 2.74 bits per heavy atom. The van der Waals surface area contributed by atoms with E-state index in [4.69, 9.17) is 15.6 Å². The number of hydrogen-bond acceptors (Lipinski definition) is 4. The average molecular weight is 260 g/mol. The Bertz CT molecular complexity index is 667. The second kappa shape index (κ2) is 4.93. The molecule has 98 valence electrons. The number of pyridine rings is 1. The number of carboxylic acid groups (broad SMARTS) is 1. The van der Waals surface area contributed by atoms with Crippen LogP contribution in [-0.4, -0.2) is 28.6 Å². The predicted molar refractivity (Wildman–Crippen MR) is 68.1 cm³/mol. The summed E-state index contributed by atoms with van der Waals surface area (Å²) < 4.78 is 5.16. The van der Waals surface area contributed by atoms with Gasteiger partial charge in [0.1, 0.15) is 11.4 Å². The van der Waals surface area contributed by atoms with Gasteiger partial charge in [-0.15, -0.1) is 0 Å². The van der Waals surface area contributed by atoms with Crippen molar-refractivity contribution in [3.05, 3.63) is 35.5 Å². The van der Waals surface area contributed by atoms with E-state index < -0.39 is 18.5 Å². The summed E-state index contributed by atoms with van der Waals surface area (Å²) in [6.07, 6.45) is 0. The van der Waals surface area contributed by atoms with Crippen molar-refractivity contribution in [2.45, 2.75) is 6.92 Å². The van der Waals surface area contributed by atoms with Gasteiger partial charge in [0, 0.05) is 11.5 Å². The van der Waals surface area contributed by atoms with Gasteiger partial charge in [-0.1, -0.05) is 6.07 Å². The fraction of sp³-hybridized carbons (Fsp3) is 0.154. The monoisotopic (exact) mass is 260 g/mol. The quantitative estimate of drug-likeness (QED) is 0.857. The molecule has 0 aliphatic heterocycles. The molecule has 0 unspecified atom stereocenters. The molecule has 3 N–H and O–H groups in total. The number of hydrogen-bond donors (Lipinski definition) is 2. The first kappa shape index (κ1) is 12.8. The maximum Gasteiger partial charge on any atom is 0.341 e. The van der Waals surface area contributed by atoms with Crippen LogP contribution in [0.25, 0.3) is 10.9 Å². The molecule has 0 bridgehead atoms. The third-order valence-electron chi connectivity index (χ3n) is 2.53. The van der Waals surface area contributed by atoms with E-state index in [-0.39, 0.29) is 11.4 Å². The van der Waals surface area contributed by atoms with E-state index in [9.17, 15) is 9.59 Å². The fourth-order valence-electron chi connectivity index (χ4n) is 1.69. The molecule has 0 fully saturated rings. The van der Waals surface area contributed by atoms with Crippen LogP contribution in [0.5, 0.6) is 5.75 Å². The Labute approximate surface area is 108 Å². The lowest BCUT2D eigenvalue weighted by Gasteiger charge is -2.09. The zero-order valence-electron chi connectivity index (χ0n) is 10.2. The van der Waals surface area contributed by atoms with Gasteiger partial charge in [0.05, 0.1) is 5.52 Å². The summed E-state index contributed by atoms with van der Waals surface area (Å²) in [5, 5.41) is 9.27. The van der Waals surface area contributed by atoms with E-state index in [1.54, 1.807) is 12.1 Å². The topological polar surface area (TPSA) is 103 Å². The molecule has 0 atom stereocenters. The Hall–Kier alpha value is -2.63. The molecule has 1 heterocycles. The molecule has 1 aromatic heterocycles. The number of benzene rings is 1. The number of rotatable bonds is 4. The molecule has 0 saturated heterocycles. The number of carbonyl (C=O) groups excluding carboxylic acids is 1. The van der Waals surface area contributed by atoms with E-state index in [0.717, 1.165) is 5.56 Å². The molecule has 19 heavy (non-hydrogen) atoms. The Morgan fingerprint density at radius 2 is 2.11 bits per heavy atom. The first-order chi connectivity index (χ1) is 8.97. The van der Waals surface area contributed by atoms with E-state index in [2.05, 4.69) is 4.98 Å². The summed E-state index contributed by atoms with van der Waals surface area (Å²) in [5.74, 6) is -1.51. The molecule has 1 amide bonds. The summed E-state index contributed by atoms with van der Waals surface area (Å²) in [4.78, 5) is 25.9. The van der Waals surface area contributed by atoms with Crippen molar-refractivity contribution in [2.24, 2.45) is 5.73 Å². The number of aromatic nitrogens is 1. The summed E-state index contributed by atoms with van der Waals surface area (Å²) >= 11 is 0. The van der Waals surface area contributed by atoms with E-state index in [0.29, 0.717) is 10.9 Å². The molecule has 6 nitrogen and oxygen atoms in total. The second-order valence-electron chi connectivity index (χ2n) is 4.07. The van der Waals surface area contributed by atoms with Gasteiger partial charge in [0.15, 0.2) is 6.61 Å². The molecule has 0 saturated carbocycles. The number of aliphatic carboxylic acids is 1. The van der Waals surface area contributed by atoms with Crippen LogP contribution in [0.4, 0.5) is 0 Å². The van der Waals surface area contributed by atoms with Crippen LogP contribution >= 0.6 is 0 Å². The minimum absolute atomic E-state index is 0.0403. The van der Waals surface area contributed by atoms with Gasteiger partial charge in [-0.3, -0.25) is 4.79 Å². The van der Waals surface area contributed by atoms with Crippen LogP contribution in [0.15, 0.2) is 24.3 Å². The summed E-state index contributed by atoms with van der Waals surface area (Å²) in [6.45, 7) is 1.39. The maximum absolute atomic E-state index is 11.2. The number of nitrogens with two attached hydrogens (primary N) is 1. The van der Waals surface area contributed by atoms with Gasteiger partial charge in [0.25, 0.3) is 5.91 Å². The SMILES string of the molecule is Cc1ccc2c(OCC(=O)O)cc(C(N)=O)nc2c1. The van der Waals surface area contributed by atoms with Crippen molar-refractivity contribution in [2.75, 3.05) is 6.61 Å². The number of fused-ring (bicyclic) bond motifs is 1. The largest absolute Gasteiger partial charge is 0.481 e. The van der Waals surface area contributed by atoms with Crippen LogP contribution in [0.1, 0.15) is 16.1 Å². The highest BCUT2D eigenvalue weighted by Gasteiger charge is 2.11. The van der Waals surface area contributed by atoms with Crippen LogP contribution in [0, 0.1) is 6.92 Å². The van der Waals surface area contributed by atoms with Crippen LogP contribution in [-0.2, 0) is 4.79 Å². The molecule has 2 rings (SSSR count). The molecular formula is C13H12N2O4. The van der Waals surface area contributed by atoms with Gasteiger partial charge in [-0.05, 0) is 24.6 Å². The van der Waals surface area contributed by atoms with Gasteiger partial charge in [-0.2, -0.15) is 0 Å². The molecule has 0 aliphatic rings. The van der Waals surface area contributed by atoms with Crippen LogP contribution < -0.4 is 10.5 Å². The normalized spacial score (nSPS) is 10.4. The summed E-state index contributed by atoms with van der Waals surface area (Å²) in [5.41, 5.74) is 6.74. The van der Waals surface area contributed by atoms with Gasteiger partial charge >= 0.3 is 5.97 Å². The van der Waals surface area contributed by atoms with Gasteiger partial charge < -0.3 is 15.6 Å². The third kappa shape index (κ3) is 2.79. The van der Waals surface area contributed by atoms with Crippen molar-refractivity contribution in [3.63, 3.8) is 0 Å². The standard InChI is InChI=1S/C13H12N2O4/c1-7-2-3-8-9(4-7)15-10(13(14)18)5-11(8)19-6-12(16)17/h2-5H,6H2,1H3,(H2,14,18)(H,16,17). The van der Waals surface area contributed by atoms with E-state index in [1.807, 2.05) is 13.0 Å². The van der Waals surface area contributed by atoms with E-state index >= 15 is 0 Å². The molecule has 0 radical (unpaired) electrons. The molecule has 6 heteroatoms. The first-order valence-corrected chi connectivity index (χ1v) is 5.53. The Morgan fingerprint density at radius 1 is 1.37 bits per heavy atom. The van der Waals surface area contributed by atoms with Crippen molar-refractivity contribution in [3.8, 4) is 5.75 Å². The summed E-state index contributed by atoms with van der Waals surface area (Å²) in [6, 6.07) is 6.74. The number of carbonyl (C=O) groups is 2. The average Bonchev–Trinajstić information content (AvgIpc) is 2.34. The number of aryl methyl sites for hydroxylation is 1. The van der Waals surface area contributed by atoms with Gasteiger partial charge in [-0.25, -0.2) is 9.78 Å². The fourth-order valence-corrected chi connectivity index (χ4v) is 1.69. The van der Waals surface area contributed by atoms with Crippen molar-refractivity contribution in [1.82, 2.24) is 4.98 Å². The van der Waals surface area contributed by atoms with Crippen molar-refractivity contribution >= 4 is 22.8 Å². The zero-order chi connectivity index (χ0) is 14.0. The predicted octanol–water partition coefficient (Wildman–Crippen LogP) is 1.11. The van der Waals surface area contributed by atoms with Crippen LogP contribution in [0.2, 0.25) is 0 Å². The zero-order valence-corrected chi connectivity index (χ0v) is 10.2. The number of nitrogens with zero attached hydrogens (tertiary/aromatic N) is 1. The number of primary amides is 1. The maximum atomic E-state index is 11.2. The lowest BCUT2D eigenvalue weighted by atomic mass is 10.1. The van der Waals surface area contributed by atoms with Gasteiger partial charge in [0.2, 0.25) is 0 Å². The number of carboxylic acids is 1. The number of ether oxygens (including phenoxy) is 1.